The number of hydrogen-bond acceptors (Lipinski definition) is 5. The van der Waals surface area contributed by atoms with Gasteiger partial charge in [-0.15, -0.1) is 0 Å². The largest absolute Gasteiger partial charge is 0.395 e. The number of aliphatic hydroxyl groups is 2. The molecule has 0 atom stereocenters. The van der Waals surface area contributed by atoms with Gasteiger partial charge < -0.3 is 15.5 Å². The highest BCUT2D eigenvalue weighted by Crippen LogP contribution is 2.13. The topological polar surface area (TPSA) is 68.6 Å². The third-order valence-corrected chi connectivity index (χ3v) is 2.46. The van der Waals surface area contributed by atoms with Crippen LogP contribution in [0.5, 0.6) is 0 Å². The van der Waals surface area contributed by atoms with E-state index in [0.29, 0.717) is 19.6 Å². The van der Waals surface area contributed by atoms with E-state index in [1.54, 1.807) is 6.20 Å². The summed E-state index contributed by atoms with van der Waals surface area (Å²) in [6, 6.07) is 3.90. The van der Waals surface area contributed by atoms with Gasteiger partial charge in [0.2, 0.25) is 0 Å². The van der Waals surface area contributed by atoms with Crippen LogP contribution < -0.4 is 5.32 Å². The van der Waals surface area contributed by atoms with E-state index in [1.807, 2.05) is 24.0 Å². The number of anilines is 1. The molecule has 0 unspecified atom stereocenters. The summed E-state index contributed by atoms with van der Waals surface area (Å²) in [7, 11) is 0. The van der Waals surface area contributed by atoms with Gasteiger partial charge in [-0.25, -0.2) is 4.98 Å². The van der Waals surface area contributed by atoms with E-state index in [9.17, 15) is 0 Å². The van der Waals surface area contributed by atoms with Gasteiger partial charge in [-0.1, -0.05) is 6.07 Å². The number of nitrogens with one attached hydrogen (secondary N) is 1. The Morgan fingerprint density at radius 3 is 2.59 bits per heavy atom. The normalized spacial score (nSPS) is 10.8. The molecule has 0 amide bonds. The number of aromatic nitrogens is 1. The van der Waals surface area contributed by atoms with E-state index in [2.05, 4.69) is 10.3 Å². The summed E-state index contributed by atoms with van der Waals surface area (Å²) in [5, 5.41) is 21.1. The number of rotatable bonds is 8. The lowest BCUT2D eigenvalue weighted by molar-refractivity contribution is 0.156. The highest BCUT2D eigenvalue weighted by molar-refractivity contribution is 5.43. The maximum Gasteiger partial charge on any atom is 0.130 e. The van der Waals surface area contributed by atoms with Crippen LogP contribution in [-0.2, 0) is 6.54 Å². The van der Waals surface area contributed by atoms with Crippen molar-refractivity contribution in [3.8, 4) is 0 Å². The van der Waals surface area contributed by atoms with E-state index >= 15 is 0 Å². The first kappa shape index (κ1) is 13.9. The molecule has 1 aromatic heterocycles. The lowest BCUT2D eigenvalue weighted by Gasteiger charge is -2.21. The van der Waals surface area contributed by atoms with Gasteiger partial charge in [-0.05, 0) is 13.0 Å². The van der Waals surface area contributed by atoms with Crippen molar-refractivity contribution in [3.63, 3.8) is 0 Å². The minimum absolute atomic E-state index is 0.0940. The molecule has 0 aliphatic rings. The molecule has 0 fully saturated rings. The molecule has 5 heteroatoms. The molecule has 0 bridgehead atoms. The maximum atomic E-state index is 8.96. The summed E-state index contributed by atoms with van der Waals surface area (Å²) in [6.45, 7) is 4.83. The minimum Gasteiger partial charge on any atom is -0.395 e. The molecular formula is C12H21N3O2. The summed E-state index contributed by atoms with van der Waals surface area (Å²) in [4.78, 5) is 6.28. The average molecular weight is 239 g/mol. The third-order valence-electron chi connectivity index (χ3n) is 2.46. The Bertz CT molecular complexity index is 314. The van der Waals surface area contributed by atoms with Crippen LogP contribution in [0.4, 0.5) is 5.82 Å². The molecule has 96 valence electrons. The standard InChI is InChI=1S/C12H21N3O2/c1-2-13-12-11(4-3-5-14-12)10-15(6-8-16)7-9-17/h3-5,16-17H,2,6-10H2,1H3,(H,13,14). The van der Waals surface area contributed by atoms with Gasteiger partial charge in [0.1, 0.15) is 5.82 Å². The Hall–Kier alpha value is -1.17. The monoisotopic (exact) mass is 239 g/mol. The van der Waals surface area contributed by atoms with Crippen LogP contribution in [-0.4, -0.2) is 52.9 Å². The van der Waals surface area contributed by atoms with E-state index in [4.69, 9.17) is 10.2 Å². The Morgan fingerprint density at radius 2 is 2.00 bits per heavy atom. The lowest BCUT2D eigenvalue weighted by atomic mass is 10.2. The SMILES string of the molecule is CCNc1ncccc1CN(CCO)CCO. The second-order valence-electron chi connectivity index (χ2n) is 3.76. The fraction of sp³-hybridized carbons (Fsp3) is 0.583. The van der Waals surface area contributed by atoms with Crippen LogP contribution in [0.2, 0.25) is 0 Å². The van der Waals surface area contributed by atoms with Crippen molar-refractivity contribution in [2.24, 2.45) is 0 Å². The average Bonchev–Trinajstić information content (AvgIpc) is 2.33. The molecule has 0 spiro atoms. The van der Waals surface area contributed by atoms with Crippen molar-refractivity contribution in [3.05, 3.63) is 23.9 Å². The van der Waals surface area contributed by atoms with Crippen LogP contribution in [0.1, 0.15) is 12.5 Å². The summed E-state index contributed by atoms with van der Waals surface area (Å²) in [6.07, 6.45) is 1.75. The van der Waals surface area contributed by atoms with Crippen LogP contribution >= 0.6 is 0 Å². The number of nitrogens with zero attached hydrogens (tertiary/aromatic N) is 2. The number of aliphatic hydroxyl groups excluding tert-OH is 2. The van der Waals surface area contributed by atoms with Crippen molar-refractivity contribution in [2.75, 3.05) is 38.2 Å². The number of hydrogen-bond donors (Lipinski definition) is 3. The zero-order chi connectivity index (χ0) is 12.5. The van der Waals surface area contributed by atoms with Crippen molar-refractivity contribution in [2.45, 2.75) is 13.5 Å². The molecular weight excluding hydrogens is 218 g/mol. The summed E-state index contributed by atoms with van der Waals surface area (Å²) < 4.78 is 0. The molecule has 1 heterocycles. The molecule has 0 aromatic carbocycles. The second-order valence-corrected chi connectivity index (χ2v) is 3.76. The first-order chi connectivity index (χ1) is 8.31. The van der Waals surface area contributed by atoms with Gasteiger partial charge in [0.05, 0.1) is 13.2 Å². The van der Waals surface area contributed by atoms with Crippen LogP contribution in [0, 0.1) is 0 Å². The Morgan fingerprint density at radius 1 is 1.29 bits per heavy atom. The fourth-order valence-corrected chi connectivity index (χ4v) is 1.69. The maximum absolute atomic E-state index is 8.96. The van der Waals surface area contributed by atoms with Crippen molar-refractivity contribution < 1.29 is 10.2 Å². The molecule has 0 saturated heterocycles. The summed E-state index contributed by atoms with van der Waals surface area (Å²) in [5.74, 6) is 0.871. The Balaban J connectivity index is 2.69. The minimum atomic E-state index is 0.0940. The summed E-state index contributed by atoms with van der Waals surface area (Å²) >= 11 is 0. The zero-order valence-corrected chi connectivity index (χ0v) is 10.3. The molecule has 3 N–H and O–H groups in total. The van der Waals surface area contributed by atoms with Crippen LogP contribution in [0.3, 0.4) is 0 Å². The quantitative estimate of drug-likeness (QED) is 0.609. The van der Waals surface area contributed by atoms with Gasteiger partial charge in [-0.3, -0.25) is 4.90 Å². The van der Waals surface area contributed by atoms with Crippen LogP contribution in [0.25, 0.3) is 0 Å². The van der Waals surface area contributed by atoms with Gasteiger partial charge >= 0.3 is 0 Å². The molecule has 1 aromatic rings. The third kappa shape index (κ3) is 4.68. The van der Waals surface area contributed by atoms with Crippen molar-refractivity contribution in [1.82, 2.24) is 9.88 Å². The molecule has 0 radical (unpaired) electrons. The summed E-state index contributed by atoms with van der Waals surface area (Å²) in [5.41, 5.74) is 1.08. The highest BCUT2D eigenvalue weighted by atomic mass is 16.3. The second kappa shape index (κ2) is 8.00. The molecule has 1 rings (SSSR count). The van der Waals surface area contributed by atoms with Gasteiger partial charge in [-0.2, -0.15) is 0 Å². The Kier molecular flexibility index (Phi) is 6.54. The van der Waals surface area contributed by atoms with Gasteiger partial charge in [0, 0.05) is 37.9 Å². The van der Waals surface area contributed by atoms with Crippen molar-refractivity contribution in [1.29, 1.82) is 0 Å². The molecule has 0 saturated carbocycles. The van der Waals surface area contributed by atoms with E-state index in [-0.39, 0.29) is 13.2 Å². The molecule has 17 heavy (non-hydrogen) atoms. The first-order valence-electron chi connectivity index (χ1n) is 5.93. The van der Waals surface area contributed by atoms with Gasteiger partial charge in [0.25, 0.3) is 0 Å². The smallest absolute Gasteiger partial charge is 0.130 e. The number of pyridine rings is 1. The van der Waals surface area contributed by atoms with Gasteiger partial charge in [0.15, 0.2) is 0 Å². The molecule has 5 nitrogen and oxygen atoms in total. The first-order valence-corrected chi connectivity index (χ1v) is 5.93. The lowest BCUT2D eigenvalue weighted by Crippen LogP contribution is -2.29. The Labute approximate surface area is 102 Å². The van der Waals surface area contributed by atoms with Crippen LogP contribution in [0.15, 0.2) is 18.3 Å². The van der Waals surface area contributed by atoms with Crippen molar-refractivity contribution >= 4 is 5.82 Å². The zero-order valence-electron chi connectivity index (χ0n) is 10.3. The highest BCUT2D eigenvalue weighted by Gasteiger charge is 2.08. The molecule has 0 aliphatic carbocycles. The fourth-order valence-electron chi connectivity index (χ4n) is 1.69. The predicted octanol–water partition coefficient (Wildman–Crippen LogP) is 0.300. The van der Waals surface area contributed by atoms with E-state index < -0.39 is 0 Å². The predicted molar refractivity (Wildman–Crippen MR) is 67.8 cm³/mol. The van der Waals surface area contributed by atoms with E-state index in [0.717, 1.165) is 17.9 Å². The van der Waals surface area contributed by atoms with E-state index in [1.165, 1.54) is 0 Å². The molecule has 0 aliphatic heterocycles.